The van der Waals surface area contributed by atoms with E-state index in [9.17, 15) is 4.79 Å². The Morgan fingerprint density at radius 1 is 1.03 bits per heavy atom. The minimum absolute atomic E-state index is 0.0564. The number of aromatic nitrogens is 2. The summed E-state index contributed by atoms with van der Waals surface area (Å²) in [5, 5.41) is 9.84. The van der Waals surface area contributed by atoms with Gasteiger partial charge in [-0.05, 0) is 35.4 Å². The van der Waals surface area contributed by atoms with Crippen molar-refractivity contribution >= 4 is 40.4 Å². The summed E-state index contributed by atoms with van der Waals surface area (Å²) in [5.41, 5.74) is 5.33. The molecule has 0 aliphatic carbocycles. The van der Waals surface area contributed by atoms with Gasteiger partial charge < -0.3 is 10.1 Å². The number of carbonyl (C=O) groups is 1. The van der Waals surface area contributed by atoms with Crippen molar-refractivity contribution in [1.82, 2.24) is 9.97 Å². The fraction of sp³-hybridized carbons (Fsp3) is 0.0435. The highest BCUT2D eigenvalue weighted by Gasteiger charge is 2.09. The Kier molecular flexibility index (Phi) is 5.57. The largest absolute Gasteiger partial charge is 0.481 e. The Labute approximate surface area is 176 Å². The van der Waals surface area contributed by atoms with E-state index in [-0.39, 0.29) is 5.75 Å². The molecule has 3 aromatic carbocycles. The Morgan fingerprint density at radius 3 is 2.48 bits per heavy atom. The lowest BCUT2D eigenvalue weighted by atomic mass is 10.0. The van der Waals surface area contributed by atoms with Crippen LogP contribution in [0.3, 0.4) is 0 Å². The molecule has 0 saturated heterocycles. The minimum Gasteiger partial charge on any atom is -0.481 e. The van der Waals surface area contributed by atoms with E-state index >= 15 is 0 Å². The highest BCUT2D eigenvalue weighted by atomic mass is 35.5. The van der Waals surface area contributed by atoms with Gasteiger partial charge in [-0.1, -0.05) is 77.7 Å². The standard InChI is InChI=1S/C23H15ClN2O2S/c24-19-13-21-20(25-23(26-21)29-14-22(27)28)12-18(19)11-8-15-6-9-17(10-7-15)16-4-2-1-3-5-16/h1-7,9-10,12-13H,14H2,(H,25,26)(H,27,28). The summed E-state index contributed by atoms with van der Waals surface area (Å²) in [6.07, 6.45) is 0. The van der Waals surface area contributed by atoms with Crippen LogP contribution in [0.15, 0.2) is 71.9 Å². The molecule has 4 aromatic rings. The lowest BCUT2D eigenvalue weighted by molar-refractivity contribution is -0.133. The molecule has 29 heavy (non-hydrogen) atoms. The Balaban J connectivity index is 1.57. The van der Waals surface area contributed by atoms with Crippen molar-refractivity contribution in [3.05, 3.63) is 82.9 Å². The number of nitrogens with one attached hydrogen (secondary N) is 1. The molecule has 2 N–H and O–H groups in total. The van der Waals surface area contributed by atoms with Crippen LogP contribution in [0.25, 0.3) is 22.2 Å². The number of hydrogen-bond donors (Lipinski definition) is 2. The Hall–Kier alpha value is -3.20. The van der Waals surface area contributed by atoms with Crippen molar-refractivity contribution in [2.45, 2.75) is 5.16 Å². The molecule has 0 aliphatic heterocycles. The molecular formula is C23H15ClN2O2S. The summed E-state index contributed by atoms with van der Waals surface area (Å²) in [7, 11) is 0. The van der Waals surface area contributed by atoms with Gasteiger partial charge in [-0.25, -0.2) is 4.98 Å². The first-order valence-corrected chi connectivity index (χ1v) is 10.2. The van der Waals surface area contributed by atoms with Crippen molar-refractivity contribution in [2.24, 2.45) is 0 Å². The number of nitrogens with zero attached hydrogens (tertiary/aromatic N) is 1. The zero-order valence-electron chi connectivity index (χ0n) is 15.1. The van der Waals surface area contributed by atoms with Crippen LogP contribution in [0.1, 0.15) is 11.1 Å². The molecule has 6 heteroatoms. The van der Waals surface area contributed by atoms with Crippen LogP contribution in [-0.2, 0) is 4.79 Å². The molecule has 0 amide bonds. The number of carboxylic acids is 1. The maximum atomic E-state index is 10.7. The van der Waals surface area contributed by atoms with Crippen LogP contribution in [0.2, 0.25) is 5.02 Å². The van der Waals surface area contributed by atoms with Gasteiger partial charge in [0.1, 0.15) is 0 Å². The molecule has 0 aliphatic rings. The van der Waals surface area contributed by atoms with E-state index < -0.39 is 5.97 Å². The SMILES string of the molecule is O=C(O)CSc1nc2cc(Cl)c(C#Cc3ccc(-c4ccccc4)cc3)cc2[nH]1. The number of fused-ring (bicyclic) bond motifs is 1. The summed E-state index contributed by atoms with van der Waals surface area (Å²) in [6, 6.07) is 21.8. The number of carboxylic acid groups (broad SMARTS) is 1. The fourth-order valence-electron chi connectivity index (χ4n) is 2.82. The molecule has 4 rings (SSSR count). The summed E-state index contributed by atoms with van der Waals surface area (Å²) < 4.78 is 0. The molecule has 0 unspecified atom stereocenters. The first kappa shape index (κ1) is 19.1. The van der Waals surface area contributed by atoms with Crippen LogP contribution in [-0.4, -0.2) is 26.8 Å². The van der Waals surface area contributed by atoms with Crippen LogP contribution in [0.4, 0.5) is 0 Å². The van der Waals surface area contributed by atoms with Crippen LogP contribution in [0, 0.1) is 11.8 Å². The van der Waals surface area contributed by atoms with Crippen LogP contribution in [0.5, 0.6) is 0 Å². The molecule has 1 heterocycles. The number of aromatic amines is 1. The topological polar surface area (TPSA) is 66.0 Å². The van der Waals surface area contributed by atoms with Crippen LogP contribution >= 0.6 is 23.4 Å². The number of halogens is 1. The van der Waals surface area contributed by atoms with Crippen molar-refractivity contribution in [2.75, 3.05) is 5.75 Å². The van der Waals surface area contributed by atoms with Gasteiger partial charge in [0, 0.05) is 11.1 Å². The molecule has 0 atom stereocenters. The molecule has 0 radical (unpaired) electrons. The van der Waals surface area contributed by atoms with Crippen LogP contribution < -0.4 is 0 Å². The normalized spacial score (nSPS) is 10.5. The maximum absolute atomic E-state index is 10.7. The van der Waals surface area contributed by atoms with Gasteiger partial charge in [0.2, 0.25) is 0 Å². The third kappa shape index (κ3) is 4.62. The Bertz CT molecular complexity index is 1240. The number of rotatable bonds is 4. The second kappa shape index (κ2) is 8.44. The predicted octanol–water partition coefficient (Wildman–Crippen LogP) is 5.46. The predicted molar refractivity (Wildman–Crippen MR) is 117 cm³/mol. The zero-order chi connectivity index (χ0) is 20.2. The average molecular weight is 419 g/mol. The van der Waals surface area contributed by atoms with E-state index in [2.05, 4.69) is 33.9 Å². The number of hydrogen-bond acceptors (Lipinski definition) is 3. The van der Waals surface area contributed by atoms with E-state index in [1.807, 2.05) is 48.5 Å². The van der Waals surface area contributed by atoms with Gasteiger partial charge in [-0.15, -0.1) is 0 Å². The lowest BCUT2D eigenvalue weighted by Crippen LogP contribution is -1.97. The third-order valence-electron chi connectivity index (χ3n) is 4.21. The highest BCUT2D eigenvalue weighted by molar-refractivity contribution is 7.99. The van der Waals surface area contributed by atoms with E-state index in [1.165, 1.54) is 0 Å². The molecule has 142 valence electrons. The molecule has 0 saturated carbocycles. The van der Waals surface area contributed by atoms with E-state index in [0.29, 0.717) is 21.3 Å². The summed E-state index contributed by atoms with van der Waals surface area (Å²) in [6.45, 7) is 0. The molecule has 0 fully saturated rings. The molecule has 4 nitrogen and oxygen atoms in total. The molecule has 0 spiro atoms. The number of aliphatic carboxylic acids is 1. The fourth-order valence-corrected chi connectivity index (χ4v) is 3.63. The molecule has 0 bridgehead atoms. The summed E-state index contributed by atoms with van der Waals surface area (Å²) >= 11 is 7.48. The van der Waals surface area contributed by atoms with Crippen molar-refractivity contribution in [3.8, 4) is 23.0 Å². The first-order valence-electron chi connectivity index (χ1n) is 8.80. The van der Waals surface area contributed by atoms with Crippen molar-refractivity contribution in [3.63, 3.8) is 0 Å². The van der Waals surface area contributed by atoms with E-state index in [0.717, 1.165) is 34.0 Å². The number of thioether (sulfide) groups is 1. The molecular weight excluding hydrogens is 404 g/mol. The quantitative estimate of drug-likeness (QED) is 0.341. The second-order valence-electron chi connectivity index (χ2n) is 6.27. The van der Waals surface area contributed by atoms with Gasteiger partial charge in [0.15, 0.2) is 5.16 Å². The monoisotopic (exact) mass is 418 g/mol. The Morgan fingerprint density at radius 2 is 1.76 bits per heavy atom. The van der Waals surface area contributed by atoms with Gasteiger partial charge in [0.25, 0.3) is 0 Å². The van der Waals surface area contributed by atoms with Gasteiger partial charge in [0.05, 0.1) is 21.8 Å². The molecule has 1 aromatic heterocycles. The first-order chi connectivity index (χ1) is 14.1. The van der Waals surface area contributed by atoms with Crippen molar-refractivity contribution in [1.29, 1.82) is 0 Å². The van der Waals surface area contributed by atoms with Gasteiger partial charge in [-0.3, -0.25) is 4.79 Å². The van der Waals surface area contributed by atoms with Gasteiger partial charge in [-0.2, -0.15) is 0 Å². The number of H-pyrrole nitrogens is 1. The third-order valence-corrected chi connectivity index (χ3v) is 5.39. The number of imidazole rings is 1. The average Bonchev–Trinajstić information content (AvgIpc) is 3.13. The number of benzene rings is 3. The van der Waals surface area contributed by atoms with Gasteiger partial charge >= 0.3 is 5.97 Å². The van der Waals surface area contributed by atoms with Crippen molar-refractivity contribution < 1.29 is 9.90 Å². The second-order valence-corrected chi connectivity index (χ2v) is 7.64. The summed E-state index contributed by atoms with van der Waals surface area (Å²) in [5.74, 6) is 5.30. The lowest BCUT2D eigenvalue weighted by Gasteiger charge is -2.01. The van der Waals surface area contributed by atoms with E-state index in [4.69, 9.17) is 16.7 Å². The smallest absolute Gasteiger partial charge is 0.313 e. The highest BCUT2D eigenvalue weighted by Crippen LogP contribution is 2.25. The zero-order valence-corrected chi connectivity index (χ0v) is 16.7. The minimum atomic E-state index is -0.890. The van der Waals surface area contributed by atoms with E-state index in [1.54, 1.807) is 6.07 Å². The maximum Gasteiger partial charge on any atom is 0.313 e. The summed E-state index contributed by atoms with van der Waals surface area (Å²) in [4.78, 5) is 18.2.